The van der Waals surface area contributed by atoms with Gasteiger partial charge < -0.3 is 29.4 Å². The normalized spacial score (nSPS) is 18.6. The summed E-state index contributed by atoms with van der Waals surface area (Å²) in [5.74, 6) is 1.36. The number of benzene rings is 3. The summed E-state index contributed by atoms with van der Waals surface area (Å²) >= 11 is 2.29. The molecule has 0 amide bonds. The van der Waals surface area contributed by atoms with Crippen LogP contribution in [-0.4, -0.2) is 79.2 Å². The van der Waals surface area contributed by atoms with Crippen molar-refractivity contribution in [2.75, 3.05) is 37.7 Å². The summed E-state index contributed by atoms with van der Waals surface area (Å²) in [6.07, 6.45) is 9.54. The van der Waals surface area contributed by atoms with Crippen LogP contribution in [-0.2, 0) is 11.3 Å². The predicted molar refractivity (Wildman–Crippen MR) is 228 cm³/mol. The monoisotopic (exact) mass is 899 g/mol. The van der Waals surface area contributed by atoms with Crippen molar-refractivity contribution in [3.8, 4) is 22.9 Å². The van der Waals surface area contributed by atoms with Gasteiger partial charge in [-0.2, -0.15) is 20.2 Å². The first-order valence-corrected chi connectivity index (χ1v) is 23.7. The topological polar surface area (TPSA) is 148 Å². The Morgan fingerprint density at radius 2 is 1.89 bits per heavy atom. The standard InChI is InChI=1S/C41H40FIN9O4P/c1-21-30(42)16-32-29(18-46-52(32)57-43)33(21)34-26(23-3-4-23)15-27-35(37(34)55-19-22-2-5-25-28-17-45-50-36(28)39(53)47-31(25)14-22)48-40(56-24-6-12-54-13-7-24)49-38(27)51-11-10-44-41(20-51)8-9-41/h2,5,14-18,23-24,44,57H,3-4,6-13,19-20H2,1H3,(H,45,50)(H,47,53). The van der Waals surface area contributed by atoms with Crippen LogP contribution in [0.15, 0.2) is 47.5 Å². The maximum atomic E-state index is 16.2. The van der Waals surface area contributed by atoms with Crippen molar-refractivity contribution < 1.29 is 18.6 Å². The Morgan fingerprint density at radius 1 is 1.04 bits per heavy atom. The highest BCUT2D eigenvalue weighted by Crippen LogP contribution is 2.54. The van der Waals surface area contributed by atoms with Gasteiger partial charge in [0.2, 0.25) is 0 Å². The summed E-state index contributed by atoms with van der Waals surface area (Å²) in [4.78, 5) is 28.8. The minimum absolute atomic E-state index is 0.0806. The van der Waals surface area contributed by atoms with Gasteiger partial charge in [0.1, 0.15) is 35.4 Å². The Morgan fingerprint density at radius 3 is 2.70 bits per heavy atom. The average Bonchev–Trinajstić information content (AvgIpc) is 4.11. The number of rotatable bonds is 9. The summed E-state index contributed by atoms with van der Waals surface area (Å²) in [6, 6.07) is 10.1. The number of aromatic nitrogens is 7. The molecule has 6 heterocycles. The van der Waals surface area contributed by atoms with Crippen LogP contribution in [0.3, 0.4) is 0 Å². The highest BCUT2D eigenvalue weighted by molar-refractivity contribution is 14.2. The van der Waals surface area contributed by atoms with E-state index in [4.69, 9.17) is 29.3 Å². The first kappa shape index (κ1) is 35.7. The van der Waals surface area contributed by atoms with Crippen LogP contribution >= 0.6 is 28.4 Å². The number of ether oxygens (including phenoxy) is 3. The van der Waals surface area contributed by atoms with Gasteiger partial charge in [0.25, 0.3) is 5.56 Å². The molecule has 4 aromatic heterocycles. The SMILES string of the molecule is Cc1c(F)cc2c(cnn2PI)c1-c1c(C2CC2)cc2c(N3CCNC4(CC4)C3)nc(OC3CCOCC3)nc2c1OCc1ccc2c(c1)[nH]c(=O)c1[nH]ncc12. The molecule has 292 valence electrons. The summed E-state index contributed by atoms with van der Waals surface area (Å²) < 4.78 is 37.5. The molecule has 3 N–H and O–H groups in total. The molecule has 2 saturated heterocycles. The lowest BCUT2D eigenvalue weighted by Gasteiger charge is -2.36. The lowest BCUT2D eigenvalue weighted by molar-refractivity contribution is 0.0219. The molecular formula is C41H40FIN9O4P. The Balaban J connectivity index is 1.15. The molecule has 4 fully saturated rings. The molecule has 57 heavy (non-hydrogen) atoms. The van der Waals surface area contributed by atoms with Gasteiger partial charge in [-0.1, -0.05) is 12.1 Å². The Labute approximate surface area is 340 Å². The van der Waals surface area contributed by atoms with Gasteiger partial charge >= 0.3 is 6.01 Å². The molecule has 3 aromatic carbocycles. The van der Waals surface area contributed by atoms with E-state index in [0.29, 0.717) is 53.5 Å². The van der Waals surface area contributed by atoms with E-state index in [1.54, 1.807) is 12.3 Å². The molecule has 11 rings (SSSR count). The molecule has 1 unspecified atom stereocenters. The van der Waals surface area contributed by atoms with E-state index in [2.05, 4.69) is 53.5 Å². The molecule has 13 nitrogen and oxygen atoms in total. The summed E-state index contributed by atoms with van der Waals surface area (Å²) in [5.41, 5.74) is 6.42. The van der Waals surface area contributed by atoms with Crippen molar-refractivity contribution in [3.63, 3.8) is 0 Å². The zero-order valence-corrected chi connectivity index (χ0v) is 34.4. The number of H-pyrrole nitrogens is 2. The number of hydrogen-bond acceptors (Lipinski definition) is 10. The van der Waals surface area contributed by atoms with Gasteiger partial charge in [-0.05, 0) is 89.4 Å². The fraction of sp³-hybridized carbons (Fsp3) is 0.390. The van der Waals surface area contributed by atoms with Gasteiger partial charge in [-0.3, -0.25) is 9.89 Å². The number of anilines is 1. The maximum absolute atomic E-state index is 16.2. The largest absolute Gasteiger partial charge is 0.486 e. The van der Waals surface area contributed by atoms with Crippen LogP contribution in [0, 0.1) is 12.7 Å². The summed E-state index contributed by atoms with van der Waals surface area (Å²) in [7, 11) is 0. The number of hydrogen-bond donors (Lipinski definition) is 3. The number of nitrogens with zero attached hydrogens (tertiary/aromatic N) is 6. The lowest BCUT2D eigenvalue weighted by Crippen LogP contribution is -2.52. The van der Waals surface area contributed by atoms with Gasteiger partial charge in [0.05, 0.1) is 37.5 Å². The fourth-order valence-electron chi connectivity index (χ4n) is 8.85. The number of nitrogens with one attached hydrogen (secondary N) is 3. The number of piperazine rings is 1. The molecule has 0 bridgehead atoms. The number of pyridine rings is 1. The van der Waals surface area contributed by atoms with Crippen molar-refractivity contribution in [1.82, 2.24) is 40.0 Å². The highest BCUT2D eigenvalue weighted by Gasteiger charge is 2.46. The Kier molecular flexibility index (Phi) is 8.67. The van der Waals surface area contributed by atoms with E-state index in [-0.39, 0.29) is 35.5 Å². The van der Waals surface area contributed by atoms with E-state index in [1.807, 2.05) is 35.8 Å². The first-order valence-electron chi connectivity index (χ1n) is 19.6. The number of fused-ring (bicyclic) bond motifs is 5. The van der Waals surface area contributed by atoms with Crippen LogP contribution < -0.4 is 25.2 Å². The predicted octanol–water partition coefficient (Wildman–Crippen LogP) is 7.56. The second-order valence-corrected chi connectivity index (χ2v) is 18.0. The van der Waals surface area contributed by atoms with E-state index < -0.39 is 0 Å². The van der Waals surface area contributed by atoms with Crippen LogP contribution in [0.25, 0.3) is 54.7 Å². The third-order valence-corrected chi connectivity index (χ3v) is 14.1. The average molecular weight is 900 g/mol. The van der Waals surface area contributed by atoms with Crippen molar-refractivity contribution in [2.45, 2.75) is 69.6 Å². The summed E-state index contributed by atoms with van der Waals surface area (Å²) in [6.45, 7) is 5.74. The number of aromatic amines is 2. The van der Waals surface area contributed by atoms with Crippen molar-refractivity contribution in [2.24, 2.45) is 0 Å². The lowest BCUT2D eigenvalue weighted by atomic mass is 9.88. The van der Waals surface area contributed by atoms with Crippen LogP contribution in [0.4, 0.5) is 10.2 Å². The van der Waals surface area contributed by atoms with Crippen molar-refractivity contribution in [3.05, 3.63) is 75.6 Å². The van der Waals surface area contributed by atoms with Crippen molar-refractivity contribution in [1.29, 1.82) is 0 Å². The Hall–Kier alpha value is -4.44. The molecule has 7 aromatic rings. The van der Waals surface area contributed by atoms with Gasteiger partial charge in [0, 0.05) is 82.3 Å². The zero-order valence-electron chi connectivity index (χ0n) is 31.3. The fourth-order valence-corrected chi connectivity index (χ4v) is 10.4. The second-order valence-electron chi connectivity index (χ2n) is 15.9. The van der Waals surface area contributed by atoms with E-state index in [1.165, 1.54) is 0 Å². The van der Waals surface area contributed by atoms with Gasteiger partial charge in [-0.25, -0.2) is 8.84 Å². The minimum atomic E-state index is -0.298. The molecule has 1 spiro atoms. The van der Waals surface area contributed by atoms with E-state index in [0.717, 1.165) is 113 Å². The van der Waals surface area contributed by atoms with Crippen LogP contribution in [0.2, 0.25) is 0 Å². The zero-order chi connectivity index (χ0) is 38.4. The van der Waals surface area contributed by atoms with Crippen LogP contribution in [0.1, 0.15) is 61.1 Å². The van der Waals surface area contributed by atoms with Gasteiger partial charge in [-0.15, -0.1) is 0 Å². The maximum Gasteiger partial charge on any atom is 0.319 e. The molecule has 2 saturated carbocycles. The quantitative estimate of drug-likeness (QED) is 0.0980. The highest BCUT2D eigenvalue weighted by atomic mass is 127. The molecule has 16 heteroatoms. The molecule has 2 aliphatic carbocycles. The smallest absolute Gasteiger partial charge is 0.319 e. The first-order chi connectivity index (χ1) is 27.9. The molecule has 4 aliphatic rings. The Bertz CT molecular complexity index is 2810. The van der Waals surface area contributed by atoms with E-state index in [9.17, 15) is 4.79 Å². The second kappa shape index (κ2) is 13.8. The number of halogens is 2. The third kappa shape index (κ3) is 6.23. The van der Waals surface area contributed by atoms with Crippen molar-refractivity contribution >= 4 is 77.8 Å². The molecule has 1 atom stereocenters. The third-order valence-electron chi connectivity index (χ3n) is 12.2. The van der Waals surface area contributed by atoms with Gasteiger partial charge in [0.15, 0.2) is 5.75 Å². The molecular weight excluding hydrogens is 859 g/mol. The van der Waals surface area contributed by atoms with E-state index >= 15 is 4.39 Å². The minimum Gasteiger partial charge on any atom is -0.486 e. The van der Waals surface area contributed by atoms with Crippen LogP contribution in [0.5, 0.6) is 11.8 Å². The summed E-state index contributed by atoms with van der Waals surface area (Å²) in [5, 5.41) is 18.8. The molecule has 0 radical (unpaired) electrons. The molecule has 2 aliphatic heterocycles.